The van der Waals surface area contributed by atoms with Crippen LogP contribution >= 0.6 is 12.2 Å². The zero-order valence-corrected chi connectivity index (χ0v) is 18.2. The molecule has 7 heteroatoms. The number of nitrogens with zero attached hydrogens (tertiary/aromatic N) is 2. The number of nitrogens with one attached hydrogen (secondary N) is 2. The highest BCUT2D eigenvalue weighted by atomic mass is 32.1. The zero-order valence-electron chi connectivity index (χ0n) is 17.4. The van der Waals surface area contributed by atoms with Crippen LogP contribution in [0.15, 0.2) is 35.3 Å². The molecule has 6 nitrogen and oxygen atoms in total. The van der Waals surface area contributed by atoms with Crippen molar-refractivity contribution >= 4 is 35.4 Å². The Bertz CT molecular complexity index is 799. The predicted molar refractivity (Wildman–Crippen MR) is 120 cm³/mol. The molecule has 1 atom stereocenters. The van der Waals surface area contributed by atoms with E-state index in [0.717, 1.165) is 58.2 Å². The number of likely N-dealkylation sites (tertiary alicyclic amines) is 1. The molecule has 160 valence electrons. The fraction of sp³-hybridized carbons (Fsp3) is 0.565. The van der Waals surface area contributed by atoms with E-state index in [1.165, 1.54) is 12.0 Å². The lowest BCUT2D eigenvalue weighted by Gasteiger charge is -2.38. The first kappa shape index (κ1) is 21.1. The van der Waals surface area contributed by atoms with Gasteiger partial charge in [-0.25, -0.2) is 0 Å². The van der Waals surface area contributed by atoms with Crippen LogP contribution < -0.4 is 10.2 Å². The number of piperidine rings is 1. The van der Waals surface area contributed by atoms with Crippen molar-refractivity contribution in [3.8, 4) is 0 Å². The average molecular weight is 428 g/mol. The smallest absolute Gasteiger partial charge is 0.247 e. The highest BCUT2D eigenvalue weighted by molar-refractivity contribution is 7.80. The third kappa shape index (κ3) is 4.95. The lowest BCUT2D eigenvalue weighted by molar-refractivity contribution is -0.918. The van der Waals surface area contributed by atoms with Crippen molar-refractivity contribution < 1.29 is 14.5 Å². The second-order valence-corrected chi connectivity index (χ2v) is 9.10. The van der Waals surface area contributed by atoms with Crippen molar-refractivity contribution in [3.05, 3.63) is 35.9 Å². The third-order valence-electron chi connectivity index (χ3n) is 6.58. The highest BCUT2D eigenvalue weighted by Crippen LogP contribution is 2.25. The maximum atomic E-state index is 13.1. The molecule has 2 heterocycles. The van der Waals surface area contributed by atoms with Gasteiger partial charge in [0.25, 0.3) is 0 Å². The molecule has 2 saturated heterocycles. The fourth-order valence-electron chi connectivity index (χ4n) is 4.85. The molecule has 3 aliphatic rings. The van der Waals surface area contributed by atoms with Crippen LogP contribution in [0, 0.1) is 5.92 Å². The third-order valence-corrected chi connectivity index (χ3v) is 6.88. The molecule has 1 aromatic carbocycles. The molecular weight excluding hydrogens is 396 g/mol. The van der Waals surface area contributed by atoms with Crippen LogP contribution in [0.5, 0.6) is 0 Å². The number of aliphatic imine (C=N–C) groups is 1. The molecule has 2 amide bonds. The van der Waals surface area contributed by atoms with Gasteiger partial charge in [-0.1, -0.05) is 49.6 Å². The Balaban J connectivity index is 1.33. The lowest BCUT2D eigenvalue weighted by Crippen LogP contribution is -3.12. The van der Waals surface area contributed by atoms with Crippen molar-refractivity contribution in [1.82, 2.24) is 10.2 Å². The van der Waals surface area contributed by atoms with Gasteiger partial charge in [0.1, 0.15) is 6.54 Å². The summed E-state index contributed by atoms with van der Waals surface area (Å²) in [6.07, 6.45) is 8.86. The number of quaternary nitrogens is 1. The van der Waals surface area contributed by atoms with Crippen molar-refractivity contribution in [2.75, 3.05) is 13.1 Å². The maximum Gasteiger partial charge on any atom is 0.247 e. The molecule has 0 radical (unpaired) electrons. The summed E-state index contributed by atoms with van der Waals surface area (Å²) in [5, 5.41) is 2.99. The molecule has 30 heavy (non-hydrogen) atoms. The van der Waals surface area contributed by atoms with E-state index in [4.69, 9.17) is 12.2 Å². The van der Waals surface area contributed by atoms with Crippen LogP contribution in [0.1, 0.15) is 50.5 Å². The minimum Gasteiger partial charge on any atom is -0.331 e. The summed E-state index contributed by atoms with van der Waals surface area (Å²) < 4.78 is 0. The van der Waals surface area contributed by atoms with Gasteiger partial charge in [-0.3, -0.25) is 19.5 Å². The minimum atomic E-state index is -0.853. The molecule has 0 spiro atoms. The van der Waals surface area contributed by atoms with Crippen LogP contribution in [0.25, 0.3) is 0 Å². The van der Waals surface area contributed by atoms with E-state index < -0.39 is 5.92 Å². The number of benzene rings is 1. The van der Waals surface area contributed by atoms with E-state index in [-0.39, 0.29) is 29.0 Å². The largest absolute Gasteiger partial charge is 0.331 e. The summed E-state index contributed by atoms with van der Waals surface area (Å²) in [4.78, 5) is 33.4. The van der Waals surface area contributed by atoms with Crippen molar-refractivity contribution in [3.63, 3.8) is 0 Å². The van der Waals surface area contributed by atoms with Crippen molar-refractivity contribution in [2.24, 2.45) is 10.9 Å². The van der Waals surface area contributed by atoms with Crippen LogP contribution in [0.2, 0.25) is 0 Å². The van der Waals surface area contributed by atoms with E-state index >= 15 is 0 Å². The molecule has 0 aromatic heterocycles. The molecule has 1 aliphatic carbocycles. The van der Waals surface area contributed by atoms with E-state index in [2.05, 4.69) is 34.6 Å². The average Bonchev–Trinajstić information content (AvgIpc) is 2.76. The lowest BCUT2D eigenvalue weighted by atomic mass is 9.92. The first-order valence-electron chi connectivity index (χ1n) is 11.2. The molecule has 2 N–H and O–H groups in total. The standard InChI is InChI=1S/C23H30N4O2S/c28-21-20(22(29)27(23(30)25-21)19-9-5-2-6-10-19)15-24-18-11-13-26(14-12-18)16-17-7-3-1-4-8-17/h1,3-4,7-8,15,18-20H,2,5-6,9-14,16H2,(H,25,28,30)/p+1. The monoisotopic (exact) mass is 427 g/mol. The quantitative estimate of drug-likeness (QED) is 0.425. The Morgan fingerprint density at radius 2 is 1.77 bits per heavy atom. The molecule has 0 bridgehead atoms. The molecule has 4 rings (SSSR count). The summed E-state index contributed by atoms with van der Waals surface area (Å²) >= 11 is 5.32. The van der Waals surface area contributed by atoms with Crippen LogP contribution in [0.3, 0.4) is 0 Å². The topological polar surface area (TPSA) is 66.2 Å². The summed E-state index contributed by atoms with van der Waals surface area (Å²) in [5.74, 6) is -1.40. The van der Waals surface area contributed by atoms with E-state index in [1.54, 1.807) is 16.0 Å². The number of carbonyl (C=O) groups is 2. The van der Waals surface area contributed by atoms with E-state index in [0.29, 0.717) is 0 Å². The SMILES string of the molecule is O=C1NC(=S)N(C2CCCCC2)C(=O)C1C=NC1CC[NH+](Cc2ccccc2)CC1. The van der Waals surface area contributed by atoms with Gasteiger partial charge < -0.3 is 10.2 Å². The summed E-state index contributed by atoms with van der Waals surface area (Å²) in [7, 11) is 0. The van der Waals surface area contributed by atoms with Gasteiger partial charge >= 0.3 is 0 Å². The summed E-state index contributed by atoms with van der Waals surface area (Å²) in [6, 6.07) is 10.9. The van der Waals surface area contributed by atoms with Gasteiger partial charge in [0.05, 0.1) is 19.1 Å². The summed E-state index contributed by atoms with van der Waals surface area (Å²) in [6.45, 7) is 3.15. The van der Waals surface area contributed by atoms with Gasteiger partial charge in [0, 0.05) is 30.7 Å². The number of amides is 2. The Morgan fingerprint density at radius 1 is 1.07 bits per heavy atom. The maximum absolute atomic E-state index is 13.1. The molecule has 3 fully saturated rings. The summed E-state index contributed by atoms with van der Waals surface area (Å²) in [5.41, 5.74) is 1.36. The normalized spacial score (nSPS) is 28.7. The van der Waals surface area contributed by atoms with Crippen LogP contribution in [-0.2, 0) is 16.1 Å². The van der Waals surface area contributed by atoms with Crippen LogP contribution in [-0.4, -0.2) is 53.2 Å². The minimum absolute atomic E-state index is 0.111. The second kappa shape index (κ2) is 9.79. The Labute approximate surface area is 183 Å². The van der Waals surface area contributed by atoms with Crippen molar-refractivity contribution in [2.45, 2.75) is 63.6 Å². The number of thiocarbonyl (C=S) groups is 1. The van der Waals surface area contributed by atoms with Crippen molar-refractivity contribution in [1.29, 1.82) is 0 Å². The Kier molecular flexibility index (Phi) is 6.89. The zero-order chi connectivity index (χ0) is 20.9. The number of hydrogen-bond acceptors (Lipinski definition) is 4. The van der Waals surface area contributed by atoms with Gasteiger partial charge in [0.15, 0.2) is 11.0 Å². The highest BCUT2D eigenvalue weighted by Gasteiger charge is 2.41. The van der Waals surface area contributed by atoms with E-state index in [9.17, 15) is 9.59 Å². The molecular formula is C23H31N4O2S+. The number of rotatable bonds is 5. The fourth-order valence-corrected chi connectivity index (χ4v) is 5.19. The second-order valence-electron chi connectivity index (χ2n) is 8.71. The van der Waals surface area contributed by atoms with Gasteiger partial charge in [0.2, 0.25) is 11.8 Å². The Hall–Kier alpha value is -2.12. The first-order chi connectivity index (χ1) is 14.6. The Morgan fingerprint density at radius 3 is 2.47 bits per heavy atom. The molecule has 1 aromatic rings. The predicted octanol–water partition coefficient (Wildman–Crippen LogP) is 1.50. The number of carbonyl (C=O) groups excluding carboxylic acids is 2. The van der Waals surface area contributed by atoms with Gasteiger partial charge in [-0.15, -0.1) is 0 Å². The molecule has 1 saturated carbocycles. The van der Waals surface area contributed by atoms with Gasteiger partial charge in [-0.05, 0) is 25.1 Å². The van der Waals surface area contributed by atoms with Crippen LogP contribution in [0.4, 0.5) is 0 Å². The van der Waals surface area contributed by atoms with Gasteiger partial charge in [-0.2, -0.15) is 0 Å². The molecule has 1 unspecified atom stereocenters. The number of hydrogen-bond donors (Lipinski definition) is 2. The van der Waals surface area contributed by atoms with E-state index in [1.807, 2.05) is 6.07 Å². The molecule has 2 aliphatic heterocycles. The first-order valence-corrected chi connectivity index (χ1v) is 11.6.